The van der Waals surface area contributed by atoms with E-state index in [9.17, 15) is 9.59 Å². The highest BCUT2D eigenvalue weighted by Crippen LogP contribution is 2.36. The summed E-state index contributed by atoms with van der Waals surface area (Å²) in [5.74, 6) is 0.659. The molecular formula is C29H24ClIN2O5S2. The van der Waals surface area contributed by atoms with Crippen LogP contribution in [0.4, 0.5) is 0 Å². The van der Waals surface area contributed by atoms with E-state index in [1.807, 2.05) is 53.9 Å². The zero-order valence-corrected chi connectivity index (χ0v) is 26.3. The molecule has 40 heavy (non-hydrogen) atoms. The number of hydrogen-bond acceptors (Lipinski definition) is 8. The van der Waals surface area contributed by atoms with Crippen LogP contribution >= 0.6 is 56.9 Å². The number of allylic oxidation sites excluding steroid dienone is 1. The molecule has 2 aromatic heterocycles. The van der Waals surface area contributed by atoms with Gasteiger partial charge < -0.3 is 14.2 Å². The molecule has 7 nitrogen and oxygen atoms in total. The van der Waals surface area contributed by atoms with Crippen molar-refractivity contribution >= 4 is 68.9 Å². The molecule has 0 bridgehead atoms. The van der Waals surface area contributed by atoms with Gasteiger partial charge in [-0.05, 0) is 77.7 Å². The topological polar surface area (TPSA) is 79.1 Å². The van der Waals surface area contributed by atoms with Crippen LogP contribution in [0.5, 0.6) is 11.5 Å². The van der Waals surface area contributed by atoms with Crippen LogP contribution in [-0.2, 0) is 16.1 Å². The van der Waals surface area contributed by atoms with E-state index >= 15 is 0 Å². The fourth-order valence-corrected chi connectivity index (χ4v) is 7.23. The van der Waals surface area contributed by atoms with Gasteiger partial charge in [-0.2, -0.15) is 0 Å². The minimum absolute atomic E-state index is 0.232. The molecule has 4 aromatic rings. The molecule has 0 unspecified atom stereocenters. The summed E-state index contributed by atoms with van der Waals surface area (Å²) in [7, 11) is 1.58. The molecule has 0 N–H and O–H groups in total. The van der Waals surface area contributed by atoms with Crippen LogP contribution < -0.4 is 24.4 Å². The molecule has 0 spiro atoms. The monoisotopic (exact) mass is 706 g/mol. The maximum Gasteiger partial charge on any atom is 0.338 e. The fraction of sp³-hybridized carbons (Fsp3) is 0.207. The summed E-state index contributed by atoms with van der Waals surface area (Å²) in [5.41, 5.74) is 2.32. The van der Waals surface area contributed by atoms with Crippen molar-refractivity contribution in [3.05, 3.63) is 109 Å². The number of rotatable bonds is 8. The third-order valence-electron chi connectivity index (χ3n) is 6.21. The first kappa shape index (κ1) is 28.6. The number of carbonyl (C=O) groups excluding carboxylic acids is 1. The Bertz CT molecular complexity index is 1790. The zero-order chi connectivity index (χ0) is 28.4. The average molecular weight is 707 g/mol. The van der Waals surface area contributed by atoms with Gasteiger partial charge in [-0.1, -0.05) is 47.2 Å². The van der Waals surface area contributed by atoms with Gasteiger partial charge in [0.2, 0.25) is 0 Å². The molecule has 0 radical (unpaired) electrons. The summed E-state index contributed by atoms with van der Waals surface area (Å²) >= 11 is 11.2. The van der Waals surface area contributed by atoms with Crippen molar-refractivity contribution in [1.82, 2.24) is 4.57 Å². The highest BCUT2D eigenvalue weighted by atomic mass is 127. The van der Waals surface area contributed by atoms with Crippen LogP contribution in [0.25, 0.3) is 6.08 Å². The number of nitrogens with zero attached hydrogens (tertiary/aromatic N) is 2. The number of hydrogen-bond donors (Lipinski definition) is 0. The molecule has 11 heteroatoms. The number of aromatic nitrogens is 1. The molecule has 2 aromatic carbocycles. The number of halogens is 2. The number of thiazole rings is 1. The Balaban J connectivity index is 1.56. The molecule has 0 saturated carbocycles. The Kier molecular flexibility index (Phi) is 8.79. The van der Waals surface area contributed by atoms with Crippen LogP contribution in [0.1, 0.15) is 35.9 Å². The summed E-state index contributed by atoms with van der Waals surface area (Å²) in [5, 5.41) is 2.55. The van der Waals surface area contributed by atoms with Crippen molar-refractivity contribution in [2.24, 2.45) is 4.99 Å². The van der Waals surface area contributed by atoms with Gasteiger partial charge in [-0.25, -0.2) is 9.79 Å². The molecule has 0 amide bonds. The van der Waals surface area contributed by atoms with Crippen molar-refractivity contribution in [2.75, 3.05) is 13.7 Å². The van der Waals surface area contributed by atoms with Gasteiger partial charge in [0.15, 0.2) is 16.3 Å². The van der Waals surface area contributed by atoms with E-state index in [1.165, 1.54) is 22.7 Å². The largest absolute Gasteiger partial charge is 0.493 e. The van der Waals surface area contributed by atoms with E-state index in [0.717, 1.165) is 19.6 Å². The molecule has 3 heterocycles. The maximum atomic E-state index is 13.8. The minimum Gasteiger partial charge on any atom is -0.493 e. The molecule has 206 valence electrons. The van der Waals surface area contributed by atoms with Crippen LogP contribution in [0.15, 0.2) is 75.0 Å². The Morgan fingerprint density at radius 1 is 1.23 bits per heavy atom. The molecule has 0 aliphatic carbocycles. The number of esters is 1. The van der Waals surface area contributed by atoms with E-state index in [0.29, 0.717) is 37.1 Å². The minimum atomic E-state index is -0.604. The standard InChI is InChI=1S/C29H24ClIN2O5S2/c1-4-37-28(35)24-16(2)32-29-33(25(24)22-10-7-11-39-22)27(34)23(40-29)14-17-12-20(31)26(21(13-17)36-3)38-15-18-8-5-6-9-19(18)30/h5-14,25H,4,15H2,1-3H3/b23-14-/t25-/m0/s1. The SMILES string of the molecule is CCOC(=O)C1=C(C)N=c2s/c(=C\c3cc(I)c(OCc4ccccc4Cl)c(OC)c3)c(=O)n2[C@H]1c1cccs1. The van der Waals surface area contributed by atoms with Crippen molar-refractivity contribution in [3.63, 3.8) is 0 Å². The van der Waals surface area contributed by atoms with Gasteiger partial charge >= 0.3 is 5.97 Å². The number of fused-ring (bicyclic) bond motifs is 1. The van der Waals surface area contributed by atoms with Crippen LogP contribution in [0, 0.1) is 3.57 Å². The number of thiophene rings is 1. The molecule has 1 atom stereocenters. The van der Waals surface area contributed by atoms with Gasteiger partial charge in [-0.15, -0.1) is 11.3 Å². The molecule has 1 aliphatic heterocycles. The summed E-state index contributed by atoms with van der Waals surface area (Å²) < 4.78 is 20.0. The quantitative estimate of drug-likeness (QED) is 0.174. The Morgan fingerprint density at radius 3 is 2.73 bits per heavy atom. The predicted octanol–water partition coefficient (Wildman–Crippen LogP) is 5.71. The van der Waals surface area contributed by atoms with Crippen LogP contribution in [0.2, 0.25) is 5.02 Å². The third kappa shape index (κ3) is 5.63. The Hall–Kier alpha value is -2.93. The van der Waals surface area contributed by atoms with E-state index in [2.05, 4.69) is 27.6 Å². The van der Waals surface area contributed by atoms with Crippen molar-refractivity contribution < 1.29 is 19.0 Å². The van der Waals surface area contributed by atoms with Gasteiger partial charge in [0.1, 0.15) is 12.6 Å². The molecular weight excluding hydrogens is 683 g/mol. The van der Waals surface area contributed by atoms with E-state index in [1.54, 1.807) is 31.6 Å². The van der Waals surface area contributed by atoms with Crippen molar-refractivity contribution in [3.8, 4) is 11.5 Å². The lowest BCUT2D eigenvalue weighted by molar-refractivity contribution is -0.139. The first-order chi connectivity index (χ1) is 19.3. The maximum absolute atomic E-state index is 13.8. The number of carbonyl (C=O) groups is 1. The second-order valence-corrected chi connectivity index (χ2v) is 12.3. The first-order valence-electron chi connectivity index (χ1n) is 12.3. The second kappa shape index (κ2) is 12.3. The summed E-state index contributed by atoms with van der Waals surface area (Å²) in [4.78, 5) is 32.8. The van der Waals surface area contributed by atoms with Gasteiger partial charge in [0.05, 0.1) is 33.1 Å². The lowest BCUT2D eigenvalue weighted by atomic mass is 10.0. The number of ether oxygens (including phenoxy) is 3. The normalized spacial score (nSPS) is 15.0. The van der Waals surface area contributed by atoms with Gasteiger partial charge in [0, 0.05) is 15.5 Å². The lowest BCUT2D eigenvalue weighted by Crippen LogP contribution is -2.39. The summed E-state index contributed by atoms with van der Waals surface area (Å²) in [6.45, 7) is 4.05. The Morgan fingerprint density at radius 2 is 2.02 bits per heavy atom. The summed E-state index contributed by atoms with van der Waals surface area (Å²) in [6.07, 6.45) is 1.81. The van der Waals surface area contributed by atoms with Crippen molar-refractivity contribution in [1.29, 1.82) is 0 Å². The molecule has 5 rings (SSSR count). The molecule has 1 aliphatic rings. The first-order valence-corrected chi connectivity index (χ1v) is 15.4. The Labute approximate surface area is 257 Å². The lowest BCUT2D eigenvalue weighted by Gasteiger charge is -2.23. The summed E-state index contributed by atoms with van der Waals surface area (Å²) in [6, 6.07) is 14.5. The third-order valence-corrected chi connectivity index (χ3v) is 9.29. The van der Waals surface area contributed by atoms with E-state index in [-0.39, 0.29) is 18.8 Å². The number of benzene rings is 2. The molecule has 0 fully saturated rings. The van der Waals surface area contributed by atoms with E-state index in [4.69, 9.17) is 25.8 Å². The fourth-order valence-electron chi connectivity index (χ4n) is 4.39. The zero-order valence-electron chi connectivity index (χ0n) is 21.8. The smallest absolute Gasteiger partial charge is 0.338 e. The van der Waals surface area contributed by atoms with Crippen molar-refractivity contribution in [2.45, 2.75) is 26.5 Å². The highest BCUT2D eigenvalue weighted by molar-refractivity contribution is 14.1. The van der Waals surface area contributed by atoms with Gasteiger partial charge in [0.25, 0.3) is 5.56 Å². The van der Waals surface area contributed by atoms with Crippen LogP contribution in [-0.4, -0.2) is 24.3 Å². The van der Waals surface area contributed by atoms with Gasteiger partial charge in [-0.3, -0.25) is 9.36 Å². The predicted molar refractivity (Wildman–Crippen MR) is 166 cm³/mol. The molecule has 0 saturated heterocycles. The second-order valence-electron chi connectivity index (χ2n) is 8.73. The highest BCUT2D eigenvalue weighted by Gasteiger charge is 2.33. The average Bonchev–Trinajstić information content (AvgIpc) is 3.56. The van der Waals surface area contributed by atoms with Crippen LogP contribution in [0.3, 0.4) is 0 Å². The number of methoxy groups -OCH3 is 1. The van der Waals surface area contributed by atoms with E-state index < -0.39 is 12.0 Å².